The molecule has 12 nitrogen and oxygen atoms in total. The second-order valence-electron chi connectivity index (χ2n) is 5.00. The van der Waals surface area contributed by atoms with Gasteiger partial charge in [-0.2, -0.15) is 0 Å². The maximum absolute atomic E-state index is 9.83. The summed E-state index contributed by atoms with van der Waals surface area (Å²) >= 11 is 0. The van der Waals surface area contributed by atoms with Crippen molar-refractivity contribution in [3.05, 3.63) is 0 Å². The Hall–Kier alpha value is -2.75. The van der Waals surface area contributed by atoms with E-state index in [9.17, 15) is 58.8 Å². The molecule has 166 valence electrons. The molecular formula is C16H20O12W-4. The average molecular weight is 588 g/mol. The van der Waals surface area contributed by atoms with Crippen LogP contribution in [-0.2, 0) is 59.4 Å². The Labute approximate surface area is 180 Å². The third-order valence-electron chi connectivity index (χ3n) is 1.57. The Morgan fingerprint density at radius 2 is 0.517 bits per heavy atom. The molecule has 0 aliphatic carbocycles. The molecule has 0 aromatic carbocycles. The predicted molar refractivity (Wildman–Crippen MR) is 81.2 cm³/mol. The molecule has 0 amide bonds. The summed E-state index contributed by atoms with van der Waals surface area (Å²) in [6.45, 7) is 4.82. The normalized spacial score (nSPS) is 7.86. The van der Waals surface area contributed by atoms with Crippen LogP contribution in [0.5, 0.6) is 0 Å². The van der Waals surface area contributed by atoms with Crippen molar-refractivity contribution in [2.75, 3.05) is 0 Å². The molecule has 29 heavy (non-hydrogen) atoms. The van der Waals surface area contributed by atoms with Gasteiger partial charge >= 0.3 is 0 Å². The van der Waals surface area contributed by atoms with Crippen molar-refractivity contribution in [1.82, 2.24) is 0 Å². The van der Waals surface area contributed by atoms with Crippen LogP contribution < -0.4 is 20.4 Å². The minimum absolute atomic E-state index is 0. The van der Waals surface area contributed by atoms with Crippen molar-refractivity contribution >= 4 is 47.0 Å². The van der Waals surface area contributed by atoms with Crippen LogP contribution in [-0.4, -0.2) is 47.0 Å². The first kappa shape index (κ1) is 37.1. The SMILES string of the molecule is CC(=O)CC(=O)[O-].CC(=O)CC(=O)[O-].CC(=O)CC(=O)[O-].CC(=O)CC(=O)[O-].[W]. The molecule has 0 aliphatic heterocycles. The molecule has 0 spiro atoms. The van der Waals surface area contributed by atoms with E-state index in [4.69, 9.17) is 0 Å². The first-order valence-corrected chi connectivity index (χ1v) is 7.28. The van der Waals surface area contributed by atoms with Gasteiger partial charge in [0.2, 0.25) is 0 Å². The summed E-state index contributed by atoms with van der Waals surface area (Å²) in [7, 11) is 0. The number of carboxylic acids is 4. The number of rotatable bonds is 8. The monoisotopic (exact) mass is 588 g/mol. The summed E-state index contributed by atoms with van der Waals surface area (Å²) in [5, 5.41) is 37.9. The van der Waals surface area contributed by atoms with Gasteiger partial charge in [-0.3, -0.25) is 19.2 Å². The van der Waals surface area contributed by atoms with Crippen molar-refractivity contribution in [1.29, 1.82) is 0 Å². The molecular weight excluding hydrogens is 568 g/mol. The number of carbonyl (C=O) groups excluding carboxylic acids is 8. The van der Waals surface area contributed by atoms with Gasteiger partial charge in [0, 0.05) is 70.6 Å². The van der Waals surface area contributed by atoms with E-state index in [0.717, 1.165) is 0 Å². The third kappa shape index (κ3) is 77.7. The second kappa shape index (κ2) is 23.3. The van der Waals surface area contributed by atoms with E-state index in [2.05, 4.69) is 0 Å². The fourth-order valence-corrected chi connectivity index (χ4v) is 0.813. The quantitative estimate of drug-likeness (QED) is 0.243. The van der Waals surface area contributed by atoms with E-state index in [1.807, 2.05) is 0 Å². The Bertz CT molecular complexity index is 443. The number of hydrogen-bond donors (Lipinski definition) is 0. The average Bonchev–Trinajstić information content (AvgIpc) is 2.32. The molecule has 13 heteroatoms. The van der Waals surface area contributed by atoms with Gasteiger partial charge in [0.25, 0.3) is 0 Å². The van der Waals surface area contributed by atoms with Gasteiger partial charge in [-0.25, -0.2) is 0 Å². The van der Waals surface area contributed by atoms with E-state index >= 15 is 0 Å². The fraction of sp³-hybridized carbons (Fsp3) is 0.500. The molecule has 0 atom stereocenters. The topological polar surface area (TPSA) is 229 Å². The maximum Gasteiger partial charge on any atom is 0.135 e. The number of ketones is 4. The molecule has 0 unspecified atom stereocenters. The van der Waals surface area contributed by atoms with E-state index in [1.54, 1.807) is 0 Å². The van der Waals surface area contributed by atoms with E-state index in [-0.39, 0.29) is 44.2 Å². The van der Waals surface area contributed by atoms with Crippen LogP contribution in [0, 0.1) is 0 Å². The summed E-state index contributed by atoms with van der Waals surface area (Å²) < 4.78 is 0. The van der Waals surface area contributed by atoms with Crippen molar-refractivity contribution < 1.29 is 79.8 Å². The predicted octanol–water partition coefficient (Wildman–Crippen LogP) is -5.14. The van der Waals surface area contributed by atoms with Crippen LogP contribution in [0.1, 0.15) is 53.4 Å². The van der Waals surface area contributed by atoms with Crippen LogP contribution >= 0.6 is 0 Å². The number of aliphatic carboxylic acids is 4. The van der Waals surface area contributed by atoms with Gasteiger partial charge < -0.3 is 39.6 Å². The molecule has 0 aliphatic rings. The molecule has 0 N–H and O–H groups in total. The summed E-state index contributed by atoms with van der Waals surface area (Å²) in [4.78, 5) is 77.2. The molecule has 0 rings (SSSR count). The van der Waals surface area contributed by atoms with Gasteiger partial charge in [0.05, 0.1) is 0 Å². The largest absolute Gasteiger partial charge is 0.550 e. The Balaban J connectivity index is -0.0000000873. The van der Waals surface area contributed by atoms with Crippen molar-refractivity contribution in [3.8, 4) is 0 Å². The molecule has 0 aromatic rings. The van der Waals surface area contributed by atoms with E-state index in [0.29, 0.717) is 0 Å². The maximum atomic E-state index is 9.83. The third-order valence-corrected chi connectivity index (χ3v) is 1.57. The number of carboxylic acid groups (broad SMARTS) is 4. The van der Waals surface area contributed by atoms with Crippen LogP contribution in [0.4, 0.5) is 0 Å². The Morgan fingerprint density at radius 3 is 0.517 bits per heavy atom. The molecule has 0 bridgehead atoms. The smallest absolute Gasteiger partial charge is 0.135 e. The zero-order valence-corrected chi connectivity index (χ0v) is 19.1. The molecule has 0 saturated carbocycles. The standard InChI is InChI=1S/4C4H6O3.W/c4*1-3(5)2-4(6)7;/h4*2H2,1H3,(H,6,7);/p-4. The van der Waals surface area contributed by atoms with Crippen LogP contribution in [0.3, 0.4) is 0 Å². The van der Waals surface area contributed by atoms with Crippen LogP contribution in [0.2, 0.25) is 0 Å². The first-order chi connectivity index (χ1) is 12.5. The van der Waals surface area contributed by atoms with Gasteiger partial charge in [0.1, 0.15) is 23.1 Å². The van der Waals surface area contributed by atoms with E-state index in [1.165, 1.54) is 27.7 Å². The van der Waals surface area contributed by atoms with Gasteiger partial charge in [-0.05, 0) is 27.7 Å². The van der Waals surface area contributed by atoms with E-state index < -0.39 is 49.6 Å². The molecule has 0 radical (unpaired) electrons. The second-order valence-corrected chi connectivity index (χ2v) is 5.00. The summed E-state index contributed by atoms with van der Waals surface area (Å²) in [5.74, 6) is -6.75. The summed E-state index contributed by atoms with van der Waals surface area (Å²) in [6, 6.07) is 0. The molecule has 0 heterocycles. The zero-order chi connectivity index (χ0) is 23.4. The summed E-state index contributed by atoms with van der Waals surface area (Å²) in [6.07, 6.45) is -1.89. The number of carbonyl (C=O) groups is 8. The minimum Gasteiger partial charge on any atom is -0.550 e. The first-order valence-electron chi connectivity index (χ1n) is 7.28. The van der Waals surface area contributed by atoms with Crippen molar-refractivity contribution in [2.45, 2.75) is 53.4 Å². The Kier molecular flexibility index (Phi) is 29.8. The fourth-order valence-electron chi connectivity index (χ4n) is 0.813. The van der Waals surface area contributed by atoms with Gasteiger partial charge in [-0.15, -0.1) is 0 Å². The van der Waals surface area contributed by atoms with Crippen molar-refractivity contribution in [2.24, 2.45) is 0 Å². The molecule has 0 saturated heterocycles. The van der Waals surface area contributed by atoms with Gasteiger partial charge in [-0.1, -0.05) is 0 Å². The number of Topliss-reactive ketones (excluding diaryl/α,β-unsaturated/α-hetero) is 4. The Morgan fingerprint density at radius 1 is 0.414 bits per heavy atom. The van der Waals surface area contributed by atoms with Crippen molar-refractivity contribution in [3.63, 3.8) is 0 Å². The van der Waals surface area contributed by atoms with Crippen LogP contribution in [0.15, 0.2) is 0 Å². The zero-order valence-electron chi connectivity index (χ0n) is 16.1. The van der Waals surface area contributed by atoms with Gasteiger partial charge in [0.15, 0.2) is 0 Å². The minimum atomic E-state index is -1.31. The molecule has 0 aromatic heterocycles. The molecule has 0 fully saturated rings. The summed E-state index contributed by atoms with van der Waals surface area (Å²) in [5.41, 5.74) is 0. The van der Waals surface area contributed by atoms with Crippen LogP contribution in [0.25, 0.3) is 0 Å². The number of hydrogen-bond acceptors (Lipinski definition) is 12.